The van der Waals surface area contributed by atoms with Crippen LogP contribution in [0.5, 0.6) is 0 Å². The average Bonchev–Trinajstić information content (AvgIpc) is 2.61. The number of nitrogens with one attached hydrogen (secondary N) is 1. The number of anilines is 4. The van der Waals surface area contributed by atoms with Gasteiger partial charge in [0.2, 0.25) is 0 Å². The van der Waals surface area contributed by atoms with E-state index >= 15 is 0 Å². The fourth-order valence-electron chi connectivity index (χ4n) is 2.36. The Labute approximate surface area is 149 Å². The van der Waals surface area contributed by atoms with Crippen LogP contribution in [-0.4, -0.2) is 6.03 Å². The van der Waals surface area contributed by atoms with Crippen molar-refractivity contribution >= 4 is 40.4 Å². The van der Waals surface area contributed by atoms with Gasteiger partial charge in [-0.25, -0.2) is 9.18 Å². The molecule has 0 aliphatic rings. The molecule has 0 heterocycles. The summed E-state index contributed by atoms with van der Waals surface area (Å²) >= 11 is 6.00. The van der Waals surface area contributed by atoms with Gasteiger partial charge < -0.3 is 11.1 Å². The van der Waals surface area contributed by atoms with E-state index in [-0.39, 0.29) is 10.7 Å². The van der Waals surface area contributed by atoms with Crippen molar-refractivity contribution in [2.24, 2.45) is 0 Å². The predicted octanol–water partition coefficient (Wildman–Crippen LogP) is 5.43. The van der Waals surface area contributed by atoms with Crippen molar-refractivity contribution in [1.82, 2.24) is 0 Å². The van der Waals surface area contributed by atoms with E-state index in [1.807, 2.05) is 18.2 Å². The Morgan fingerprint density at radius 1 is 0.920 bits per heavy atom. The molecule has 6 heteroatoms. The molecule has 2 amide bonds. The van der Waals surface area contributed by atoms with Crippen LogP contribution in [0.15, 0.2) is 72.8 Å². The Bertz CT molecular complexity index is 865. The molecule has 0 unspecified atom stereocenters. The molecule has 0 atom stereocenters. The maximum atomic E-state index is 14.0. The van der Waals surface area contributed by atoms with Crippen LogP contribution in [0.3, 0.4) is 0 Å². The molecule has 25 heavy (non-hydrogen) atoms. The minimum atomic E-state index is -0.605. The van der Waals surface area contributed by atoms with Gasteiger partial charge in [-0.1, -0.05) is 35.9 Å². The summed E-state index contributed by atoms with van der Waals surface area (Å²) in [5.41, 5.74) is 7.44. The fourth-order valence-corrected chi connectivity index (χ4v) is 2.57. The number of nitrogens with two attached hydrogens (primary N) is 1. The standard InChI is InChI=1S/C19H15ClFN3O/c20-16-7-4-8-17(21)18(16)23-19(25)24(14-5-2-1-3-6-14)15-11-9-13(22)10-12-15/h1-12H,22H2,(H,23,25). The summed E-state index contributed by atoms with van der Waals surface area (Å²) in [6.45, 7) is 0. The van der Waals surface area contributed by atoms with Crippen molar-refractivity contribution in [3.63, 3.8) is 0 Å². The molecule has 0 saturated heterocycles. The van der Waals surface area contributed by atoms with Gasteiger partial charge in [-0.3, -0.25) is 4.90 Å². The lowest BCUT2D eigenvalue weighted by Crippen LogP contribution is -2.31. The molecule has 0 radical (unpaired) electrons. The summed E-state index contributed by atoms with van der Waals surface area (Å²) in [4.78, 5) is 14.3. The number of amides is 2. The Morgan fingerprint density at radius 3 is 2.20 bits per heavy atom. The Morgan fingerprint density at radius 2 is 1.56 bits per heavy atom. The number of hydrogen-bond acceptors (Lipinski definition) is 2. The van der Waals surface area contributed by atoms with Crippen molar-refractivity contribution in [1.29, 1.82) is 0 Å². The first-order valence-corrected chi connectivity index (χ1v) is 7.90. The molecule has 3 aromatic rings. The lowest BCUT2D eigenvalue weighted by molar-refractivity contribution is 0.259. The molecule has 0 bridgehead atoms. The third kappa shape index (κ3) is 3.72. The number of para-hydroxylation sites is 2. The summed E-state index contributed by atoms with van der Waals surface area (Å²) < 4.78 is 14.0. The van der Waals surface area contributed by atoms with Crippen molar-refractivity contribution in [2.75, 3.05) is 16.0 Å². The predicted molar refractivity (Wildman–Crippen MR) is 99.9 cm³/mol. The second kappa shape index (κ2) is 7.23. The van der Waals surface area contributed by atoms with E-state index < -0.39 is 11.8 Å². The summed E-state index contributed by atoms with van der Waals surface area (Å²) in [6, 6.07) is 19.5. The first-order chi connectivity index (χ1) is 12.1. The minimum Gasteiger partial charge on any atom is -0.399 e. The Hall–Kier alpha value is -3.05. The van der Waals surface area contributed by atoms with E-state index in [1.165, 1.54) is 23.1 Å². The van der Waals surface area contributed by atoms with Crippen molar-refractivity contribution in [3.05, 3.63) is 83.6 Å². The van der Waals surface area contributed by atoms with Crippen LogP contribution < -0.4 is 16.0 Å². The largest absolute Gasteiger partial charge is 0.399 e. The number of benzene rings is 3. The highest BCUT2D eigenvalue weighted by Crippen LogP contribution is 2.29. The van der Waals surface area contributed by atoms with E-state index in [9.17, 15) is 9.18 Å². The van der Waals surface area contributed by atoms with Gasteiger partial charge in [0.15, 0.2) is 0 Å². The van der Waals surface area contributed by atoms with Crippen LogP contribution >= 0.6 is 11.6 Å². The van der Waals surface area contributed by atoms with Crippen LogP contribution in [0.1, 0.15) is 0 Å². The van der Waals surface area contributed by atoms with Gasteiger partial charge in [0.05, 0.1) is 22.1 Å². The third-order valence-electron chi connectivity index (χ3n) is 3.56. The summed E-state index contributed by atoms with van der Waals surface area (Å²) in [6.07, 6.45) is 0. The van der Waals surface area contributed by atoms with Gasteiger partial charge in [-0.2, -0.15) is 0 Å². The molecular weight excluding hydrogens is 341 g/mol. The number of carbonyl (C=O) groups is 1. The van der Waals surface area contributed by atoms with Crippen LogP contribution in [0, 0.1) is 5.82 Å². The quantitative estimate of drug-likeness (QED) is 0.615. The highest BCUT2D eigenvalue weighted by atomic mass is 35.5. The summed E-state index contributed by atoms with van der Waals surface area (Å²) in [5.74, 6) is -0.605. The zero-order valence-electron chi connectivity index (χ0n) is 13.1. The van der Waals surface area contributed by atoms with Gasteiger partial charge in [0, 0.05) is 5.69 Å². The highest BCUT2D eigenvalue weighted by Gasteiger charge is 2.20. The van der Waals surface area contributed by atoms with E-state index in [0.717, 1.165) is 0 Å². The molecule has 0 aliphatic heterocycles. The monoisotopic (exact) mass is 355 g/mol. The first-order valence-electron chi connectivity index (χ1n) is 7.52. The van der Waals surface area contributed by atoms with E-state index in [2.05, 4.69) is 5.32 Å². The zero-order chi connectivity index (χ0) is 17.8. The van der Waals surface area contributed by atoms with Gasteiger partial charge >= 0.3 is 6.03 Å². The van der Waals surface area contributed by atoms with Crippen LogP contribution in [0.2, 0.25) is 5.02 Å². The Balaban J connectivity index is 1.99. The minimum absolute atomic E-state index is 0.0643. The molecule has 3 rings (SSSR count). The molecule has 3 aromatic carbocycles. The molecule has 0 spiro atoms. The SMILES string of the molecule is Nc1ccc(N(C(=O)Nc2c(F)cccc2Cl)c2ccccc2)cc1. The lowest BCUT2D eigenvalue weighted by Gasteiger charge is -2.24. The highest BCUT2D eigenvalue weighted by molar-refractivity contribution is 6.34. The van der Waals surface area contributed by atoms with E-state index in [4.69, 9.17) is 17.3 Å². The number of nitrogen functional groups attached to an aromatic ring is 1. The third-order valence-corrected chi connectivity index (χ3v) is 3.88. The van der Waals surface area contributed by atoms with Gasteiger partial charge in [-0.05, 0) is 48.5 Å². The number of nitrogens with zero attached hydrogens (tertiary/aromatic N) is 1. The second-order valence-electron chi connectivity index (χ2n) is 5.29. The number of hydrogen-bond donors (Lipinski definition) is 2. The lowest BCUT2D eigenvalue weighted by atomic mass is 10.2. The van der Waals surface area contributed by atoms with E-state index in [0.29, 0.717) is 17.1 Å². The first kappa shape index (κ1) is 16.8. The normalized spacial score (nSPS) is 10.3. The molecule has 3 N–H and O–H groups in total. The molecule has 4 nitrogen and oxygen atoms in total. The summed E-state index contributed by atoms with van der Waals surface area (Å²) in [7, 11) is 0. The van der Waals surface area contributed by atoms with Gasteiger partial charge in [-0.15, -0.1) is 0 Å². The second-order valence-corrected chi connectivity index (χ2v) is 5.70. The maximum absolute atomic E-state index is 14.0. The number of rotatable bonds is 3. The smallest absolute Gasteiger partial charge is 0.331 e. The molecule has 0 fully saturated rings. The molecular formula is C19H15ClFN3O. The molecule has 0 aliphatic carbocycles. The van der Waals surface area contributed by atoms with Crippen molar-refractivity contribution in [2.45, 2.75) is 0 Å². The average molecular weight is 356 g/mol. The van der Waals surface area contributed by atoms with Gasteiger partial charge in [0.25, 0.3) is 0 Å². The van der Waals surface area contributed by atoms with Crippen molar-refractivity contribution < 1.29 is 9.18 Å². The fraction of sp³-hybridized carbons (Fsp3) is 0. The number of urea groups is 1. The molecule has 0 aromatic heterocycles. The topological polar surface area (TPSA) is 58.4 Å². The maximum Gasteiger partial charge on any atom is 0.331 e. The van der Waals surface area contributed by atoms with Crippen LogP contribution in [-0.2, 0) is 0 Å². The number of carbonyl (C=O) groups excluding carboxylic acids is 1. The molecule has 126 valence electrons. The van der Waals surface area contributed by atoms with Crippen molar-refractivity contribution in [3.8, 4) is 0 Å². The summed E-state index contributed by atoms with van der Waals surface area (Å²) in [5, 5.41) is 2.66. The Kier molecular flexibility index (Phi) is 4.86. The van der Waals surface area contributed by atoms with E-state index in [1.54, 1.807) is 36.4 Å². The van der Waals surface area contributed by atoms with Crippen LogP contribution in [0.25, 0.3) is 0 Å². The van der Waals surface area contributed by atoms with Gasteiger partial charge in [0.1, 0.15) is 5.82 Å². The molecule has 0 saturated carbocycles. The number of halogens is 2. The van der Waals surface area contributed by atoms with Crippen LogP contribution in [0.4, 0.5) is 31.9 Å². The zero-order valence-corrected chi connectivity index (χ0v) is 13.9.